The number of hydrogen-bond donors (Lipinski definition) is 0. The lowest BCUT2D eigenvalue weighted by Gasteiger charge is -2.16. The van der Waals surface area contributed by atoms with Gasteiger partial charge in [-0.15, -0.1) is 10.2 Å². The molecule has 0 N–H and O–H groups in total. The molecule has 1 amide bonds. The number of carbonyl (C=O) groups is 1. The molecule has 4 aromatic rings. The van der Waals surface area contributed by atoms with Crippen LogP contribution in [0.1, 0.15) is 12.2 Å². The summed E-state index contributed by atoms with van der Waals surface area (Å²) in [5.74, 6) is 0.850. The Labute approximate surface area is 145 Å². The monoisotopic (exact) mass is 333 g/mol. The zero-order valence-electron chi connectivity index (χ0n) is 14.0. The fraction of sp³-hybridized carbons (Fsp3) is 0.211. The third-order valence-corrected chi connectivity index (χ3v) is 4.44. The molecule has 0 aliphatic rings. The van der Waals surface area contributed by atoms with Gasteiger partial charge in [0.05, 0.1) is 6.54 Å². The zero-order chi connectivity index (χ0) is 17.2. The minimum atomic E-state index is 0.0884. The molecule has 0 aliphatic carbocycles. The highest BCUT2D eigenvalue weighted by Gasteiger charge is 2.13. The maximum absolute atomic E-state index is 12.5. The molecule has 0 radical (unpaired) electrons. The number of carbonyl (C=O) groups excluding carboxylic acids is 1. The van der Waals surface area contributed by atoms with Crippen molar-refractivity contribution in [3.05, 3.63) is 66.7 Å². The molecule has 0 unspecified atom stereocenters. The van der Waals surface area contributed by atoms with Crippen LogP contribution < -0.4 is 0 Å². The van der Waals surface area contributed by atoms with E-state index < -0.39 is 0 Å². The summed E-state index contributed by atoms with van der Waals surface area (Å²) in [4.78, 5) is 14.2. The summed E-state index contributed by atoms with van der Waals surface area (Å²) in [6, 6.07) is 16.0. The van der Waals surface area contributed by atoms with E-state index in [0.717, 1.165) is 17.0 Å². The van der Waals surface area contributed by atoms with Crippen LogP contribution >= 0.6 is 0 Å². The average molecular weight is 333 g/mol. The van der Waals surface area contributed by atoms with Crippen LogP contribution in [0.15, 0.2) is 60.9 Å². The molecule has 126 valence electrons. The van der Waals surface area contributed by atoms with Gasteiger partial charge in [-0.2, -0.15) is 0 Å². The number of rotatable bonds is 5. The Morgan fingerprint density at radius 2 is 1.88 bits per heavy atom. The summed E-state index contributed by atoms with van der Waals surface area (Å²) >= 11 is 0. The van der Waals surface area contributed by atoms with Crippen molar-refractivity contribution < 1.29 is 4.79 Å². The molecular formula is C19H19N5O. The van der Waals surface area contributed by atoms with Crippen LogP contribution in [0.5, 0.6) is 0 Å². The second-order valence-corrected chi connectivity index (χ2v) is 6.11. The normalized spacial score (nSPS) is 11.2. The highest BCUT2D eigenvalue weighted by atomic mass is 16.2. The van der Waals surface area contributed by atoms with Gasteiger partial charge < -0.3 is 9.47 Å². The van der Waals surface area contributed by atoms with Crippen molar-refractivity contribution in [2.45, 2.75) is 19.5 Å². The van der Waals surface area contributed by atoms with E-state index in [1.54, 1.807) is 11.9 Å². The van der Waals surface area contributed by atoms with E-state index in [4.69, 9.17) is 0 Å². The number of hydrogen-bond acceptors (Lipinski definition) is 3. The molecule has 4 rings (SSSR count). The maximum Gasteiger partial charge on any atom is 0.224 e. The number of benzene rings is 1. The van der Waals surface area contributed by atoms with Crippen LogP contribution in [0.4, 0.5) is 0 Å². The third kappa shape index (κ3) is 2.98. The van der Waals surface area contributed by atoms with Crippen LogP contribution in [-0.4, -0.2) is 37.0 Å². The van der Waals surface area contributed by atoms with Gasteiger partial charge in [0.15, 0.2) is 11.5 Å². The van der Waals surface area contributed by atoms with Crippen molar-refractivity contribution in [1.29, 1.82) is 0 Å². The molecule has 0 aliphatic heterocycles. The van der Waals surface area contributed by atoms with E-state index in [2.05, 4.69) is 33.0 Å². The maximum atomic E-state index is 12.5. The van der Waals surface area contributed by atoms with E-state index in [0.29, 0.717) is 19.5 Å². The summed E-state index contributed by atoms with van der Waals surface area (Å²) in [5.41, 5.74) is 1.94. The van der Waals surface area contributed by atoms with Crippen molar-refractivity contribution in [1.82, 2.24) is 24.1 Å². The quantitative estimate of drug-likeness (QED) is 0.564. The molecule has 1 aromatic carbocycles. The van der Waals surface area contributed by atoms with Crippen LogP contribution in [-0.2, 0) is 17.9 Å². The number of amides is 1. The topological polar surface area (TPSA) is 55.4 Å². The van der Waals surface area contributed by atoms with Crippen molar-refractivity contribution >= 4 is 22.5 Å². The van der Waals surface area contributed by atoms with Gasteiger partial charge in [-0.3, -0.25) is 9.20 Å². The summed E-state index contributed by atoms with van der Waals surface area (Å²) in [5, 5.41) is 9.50. The average Bonchev–Trinajstić information content (AvgIpc) is 3.24. The third-order valence-electron chi connectivity index (χ3n) is 4.44. The number of aromatic nitrogens is 4. The molecule has 0 atom stereocenters. The van der Waals surface area contributed by atoms with E-state index in [1.807, 2.05) is 47.1 Å². The van der Waals surface area contributed by atoms with Gasteiger partial charge in [0.2, 0.25) is 5.91 Å². The van der Waals surface area contributed by atoms with E-state index in [-0.39, 0.29) is 5.91 Å². The molecule has 3 heterocycles. The highest BCUT2D eigenvalue weighted by molar-refractivity contribution is 5.80. The van der Waals surface area contributed by atoms with Gasteiger partial charge in [-0.25, -0.2) is 0 Å². The molecule has 6 nitrogen and oxygen atoms in total. The first kappa shape index (κ1) is 15.4. The lowest BCUT2D eigenvalue weighted by Crippen LogP contribution is -2.28. The Kier molecular flexibility index (Phi) is 3.93. The second kappa shape index (κ2) is 6.39. The van der Waals surface area contributed by atoms with Gasteiger partial charge in [0.25, 0.3) is 0 Å². The molecule has 25 heavy (non-hydrogen) atoms. The second-order valence-electron chi connectivity index (χ2n) is 6.11. The van der Waals surface area contributed by atoms with Crippen molar-refractivity contribution in [3.63, 3.8) is 0 Å². The molecule has 0 spiro atoms. The summed E-state index contributed by atoms with van der Waals surface area (Å²) < 4.78 is 4.02. The fourth-order valence-corrected chi connectivity index (χ4v) is 3.04. The smallest absolute Gasteiger partial charge is 0.224 e. The summed E-state index contributed by atoms with van der Waals surface area (Å²) in [6.07, 6.45) is 4.39. The molecule has 0 saturated carbocycles. The van der Waals surface area contributed by atoms with Crippen molar-refractivity contribution in [2.24, 2.45) is 0 Å². The molecule has 0 saturated heterocycles. The number of aryl methyl sites for hydroxylation is 1. The number of nitrogens with zero attached hydrogens (tertiary/aromatic N) is 5. The minimum absolute atomic E-state index is 0.0884. The fourth-order valence-electron chi connectivity index (χ4n) is 3.04. The van der Waals surface area contributed by atoms with Gasteiger partial charge in [-0.05, 0) is 29.7 Å². The van der Waals surface area contributed by atoms with Crippen molar-refractivity contribution in [2.75, 3.05) is 7.05 Å². The van der Waals surface area contributed by atoms with Crippen LogP contribution in [0, 0.1) is 0 Å². The predicted octanol–water partition coefficient (Wildman–Crippen LogP) is 2.73. The van der Waals surface area contributed by atoms with Crippen molar-refractivity contribution in [3.8, 4) is 0 Å². The van der Waals surface area contributed by atoms with Gasteiger partial charge in [0, 0.05) is 37.9 Å². The molecule has 0 bridgehead atoms. The van der Waals surface area contributed by atoms with Gasteiger partial charge >= 0.3 is 0 Å². The number of fused-ring (bicyclic) bond motifs is 2. The van der Waals surface area contributed by atoms with E-state index in [1.165, 1.54) is 5.39 Å². The molecule has 3 aromatic heterocycles. The predicted molar refractivity (Wildman–Crippen MR) is 96.0 cm³/mol. The van der Waals surface area contributed by atoms with Gasteiger partial charge in [-0.1, -0.05) is 24.3 Å². The first-order valence-corrected chi connectivity index (χ1v) is 8.29. The van der Waals surface area contributed by atoms with E-state index >= 15 is 0 Å². The van der Waals surface area contributed by atoms with Crippen LogP contribution in [0.25, 0.3) is 16.6 Å². The molecule has 0 fully saturated rings. The standard InChI is InChI=1S/C19H19N5O/c1-22(14-18-21-20-17-8-4-5-11-24(17)18)19(25)10-13-23-12-9-15-6-2-3-7-16(15)23/h2-9,11-12H,10,13-14H2,1H3. The van der Waals surface area contributed by atoms with Gasteiger partial charge in [0.1, 0.15) is 0 Å². The van der Waals surface area contributed by atoms with E-state index in [9.17, 15) is 4.79 Å². The number of para-hydroxylation sites is 1. The largest absolute Gasteiger partial charge is 0.347 e. The Balaban J connectivity index is 1.42. The summed E-state index contributed by atoms with van der Waals surface area (Å²) in [6.45, 7) is 1.10. The lowest BCUT2D eigenvalue weighted by molar-refractivity contribution is -0.130. The Morgan fingerprint density at radius 1 is 1.04 bits per heavy atom. The first-order valence-electron chi connectivity index (χ1n) is 8.29. The zero-order valence-corrected chi connectivity index (χ0v) is 14.0. The number of pyridine rings is 1. The highest BCUT2D eigenvalue weighted by Crippen LogP contribution is 2.15. The minimum Gasteiger partial charge on any atom is -0.347 e. The van der Waals surface area contributed by atoms with Crippen LogP contribution in [0.3, 0.4) is 0 Å². The molecule has 6 heteroatoms. The van der Waals surface area contributed by atoms with Crippen LogP contribution in [0.2, 0.25) is 0 Å². The molecular weight excluding hydrogens is 314 g/mol. The Morgan fingerprint density at radius 3 is 2.80 bits per heavy atom. The summed E-state index contributed by atoms with van der Waals surface area (Å²) in [7, 11) is 1.81. The Hall–Kier alpha value is -3.15. The first-order chi connectivity index (χ1) is 12.2. The lowest BCUT2D eigenvalue weighted by atomic mass is 10.2. The SMILES string of the molecule is CN(Cc1nnc2ccccn12)C(=O)CCn1ccc2ccccc21. The Bertz CT molecular complexity index is 1030.